The summed E-state index contributed by atoms with van der Waals surface area (Å²) in [5.41, 5.74) is 0.909. The van der Waals surface area contributed by atoms with Crippen molar-refractivity contribution < 1.29 is 23.1 Å². The van der Waals surface area contributed by atoms with E-state index in [1.807, 2.05) is 0 Å². The Bertz CT molecular complexity index is 580. The quantitative estimate of drug-likeness (QED) is 0.566. The minimum atomic E-state index is -3.55. The van der Waals surface area contributed by atoms with E-state index in [9.17, 15) is 13.2 Å². The van der Waals surface area contributed by atoms with Crippen LogP contribution in [0.1, 0.15) is 15.9 Å². The molecule has 116 valence electrons. The number of hydrogen-bond donors (Lipinski definition) is 1. The molecule has 1 N–H and O–H groups in total. The molecule has 0 aliphatic rings. The number of sulfonamides is 1. The Balaban J connectivity index is 2.87. The fourth-order valence-electron chi connectivity index (χ4n) is 1.76. The van der Waals surface area contributed by atoms with Gasteiger partial charge in [-0.15, -0.1) is 6.58 Å². The van der Waals surface area contributed by atoms with E-state index in [0.717, 1.165) is 4.31 Å². The summed E-state index contributed by atoms with van der Waals surface area (Å²) in [5, 5.41) is 8.93. The zero-order chi connectivity index (χ0) is 15.9. The van der Waals surface area contributed by atoms with E-state index < -0.39 is 16.0 Å². The lowest BCUT2D eigenvalue weighted by Gasteiger charge is -2.19. The zero-order valence-electron chi connectivity index (χ0n) is 11.9. The number of hydrogen-bond acceptors (Lipinski definition) is 5. The van der Waals surface area contributed by atoms with Crippen LogP contribution in [0.4, 0.5) is 0 Å². The molecule has 7 heteroatoms. The molecular formula is C14H19NO5S. The molecule has 0 amide bonds. The zero-order valence-corrected chi connectivity index (χ0v) is 12.7. The molecule has 0 bridgehead atoms. The largest absolute Gasteiger partial charge is 0.465 e. The highest BCUT2D eigenvalue weighted by molar-refractivity contribution is 7.88. The van der Waals surface area contributed by atoms with Crippen LogP contribution < -0.4 is 0 Å². The minimum Gasteiger partial charge on any atom is -0.465 e. The number of methoxy groups -OCH3 is 1. The second kappa shape index (κ2) is 7.92. The van der Waals surface area contributed by atoms with Gasteiger partial charge in [-0.05, 0) is 17.7 Å². The third-order valence-electron chi connectivity index (χ3n) is 2.80. The van der Waals surface area contributed by atoms with E-state index in [1.165, 1.54) is 25.3 Å². The second-order valence-electron chi connectivity index (χ2n) is 4.32. The molecule has 6 nitrogen and oxygen atoms in total. The molecule has 0 aliphatic carbocycles. The van der Waals surface area contributed by atoms with Crippen LogP contribution in [0.15, 0.2) is 36.9 Å². The van der Waals surface area contributed by atoms with E-state index >= 15 is 0 Å². The number of carbonyl (C=O) groups is 1. The van der Waals surface area contributed by atoms with Crippen molar-refractivity contribution >= 4 is 16.0 Å². The maximum absolute atomic E-state index is 12.2. The van der Waals surface area contributed by atoms with Crippen molar-refractivity contribution in [2.75, 3.05) is 26.8 Å². The summed E-state index contributed by atoms with van der Waals surface area (Å²) in [5.74, 6) is -0.680. The highest BCUT2D eigenvalue weighted by Gasteiger charge is 2.21. The number of rotatable bonds is 8. The maximum atomic E-state index is 12.2. The third-order valence-corrected chi connectivity index (χ3v) is 4.62. The molecule has 0 radical (unpaired) electrons. The molecule has 0 atom stereocenters. The maximum Gasteiger partial charge on any atom is 0.337 e. The van der Waals surface area contributed by atoms with Gasteiger partial charge >= 0.3 is 5.97 Å². The van der Waals surface area contributed by atoms with Gasteiger partial charge in [-0.1, -0.05) is 18.2 Å². The Morgan fingerprint density at radius 1 is 1.38 bits per heavy atom. The van der Waals surface area contributed by atoms with E-state index in [0.29, 0.717) is 11.1 Å². The number of ether oxygens (including phenoxy) is 1. The molecule has 21 heavy (non-hydrogen) atoms. The van der Waals surface area contributed by atoms with Gasteiger partial charge in [0, 0.05) is 13.1 Å². The van der Waals surface area contributed by atoms with Crippen molar-refractivity contribution in [3.8, 4) is 0 Å². The number of nitrogens with zero attached hydrogens (tertiary/aromatic N) is 1. The van der Waals surface area contributed by atoms with Crippen LogP contribution in [0.25, 0.3) is 0 Å². The molecule has 1 aromatic carbocycles. The van der Waals surface area contributed by atoms with Crippen LogP contribution in [0.2, 0.25) is 0 Å². The summed E-state index contributed by atoms with van der Waals surface area (Å²) < 4.78 is 30.2. The Labute approximate surface area is 124 Å². The van der Waals surface area contributed by atoms with Crippen molar-refractivity contribution in [3.63, 3.8) is 0 Å². The van der Waals surface area contributed by atoms with Crippen molar-refractivity contribution in [3.05, 3.63) is 48.0 Å². The Morgan fingerprint density at radius 3 is 2.48 bits per heavy atom. The number of benzene rings is 1. The molecule has 0 aliphatic heterocycles. The number of aliphatic hydroxyl groups is 1. The Morgan fingerprint density at radius 2 is 2.00 bits per heavy atom. The molecule has 0 saturated carbocycles. The molecule has 1 aromatic rings. The number of carbonyl (C=O) groups excluding carboxylic acids is 1. The van der Waals surface area contributed by atoms with Gasteiger partial charge in [-0.3, -0.25) is 0 Å². The Hall–Kier alpha value is -1.70. The molecule has 0 fully saturated rings. The van der Waals surface area contributed by atoms with E-state index in [-0.39, 0.29) is 25.4 Å². The van der Waals surface area contributed by atoms with E-state index in [1.54, 1.807) is 12.1 Å². The molecular weight excluding hydrogens is 294 g/mol. The van der Waals surface area contributed by atoms with Gasteiger partial charge in [0.05, 0.1) is 25.0 Å². The van der Waals surface area contributed by atoms with Crippen molar-refractivity contribution in [2.24, 2.45) is 0 Å². The van der Waals surface area contributed by atoms with E-state index in [2.05, 4.69) is 11.3 Å². The van der Waals surface area contributed by atoms with Gasteiger partial charge in [-0.25, -0.2) is 13.2 Å². The molecule has 0 spiro atoms. The summed E-state index contributed by atoms with van der Waals surface area (Å²) in [7, 11) is -2.27. The monoisotopic (exact) mass is 313 g/mol. The predicted molar refractivity (Wildman–Crippen MR) is 79.3 cm³/mol. The van der Waals surface area contributed by atoms with Gasteiger partial charge < -0.3 is 9.84 Å². The van der Waals surface area contributed by atoms with Crippen molar-refractivity contribution in [2.45, 2.75) is 5.75 Å². The summed E-state index contributed by atoms with van der Waals surface area (Å²) in [6.07, 6.45) is 1.47. The van der Waals surface area contributed by atoms with Gasteiger partial charge in [-0.2, -0.15) is 4.31 Å². The van der Waals surface area contributed by atoms with Gasteiger partial charge in [0.1, 0.15) is 0 Å². The molecule has 0 heterocycles. The first-order valence-corrected chi connectivity index (χ1v) is 7.92. The van der Waals surface area contributed by atoms with E-state index in [4.69, 9.17) is 5.11 Å². The summed E-state index contributed by atoms with van der Waals surface area (Å²) in [6.45, 7) is 3.41. The van der Waals surface area contributed by atoms with Crippen LogP contribution in [0.5, 0.6) is 0 Å². The Kier molecular flexibility index (Phi) is 6.54. The lowest BCUT2D eigenvalue weighted by Crippen LogP contribution is -2.34. The highest BCUT2D eigenvalue weighted by atomic mass is 32.2. The summed E-state index contributed by atoms with van der Waals surface area (Å²) >= 11 is 0. The second-order valence-corrected chi connectivity index (χ2v) is 6.28. The van der Waals surface area contributed by atoms with Gasteiger partial charge in [0.2, 0.25) is 10.0 Å². The van der Waals surface area contributed by atoms with Crippen molar-refractivity contribution in [1.82, 2.24) is 4.31 Å². The summed E-state index contributed by atoms with van der Waals surface area (Å²) in [6, 6.07) is 6.16. The average molecular weight is 313 g/mol. The summed E-state index contributed by atoms with van der Waals surface area (Å²) in [4.78, 5) is 11.3. The fraction of sp³-hybridized carbons (Fsp3) is 0.357. The lowest BCUT2D eigenvalue weighted by molar-refractivity contribution is 0.0600. The SMILES string of the molecule is C=CCN(CCO)S(=O)(=O)Cc1ccc(C(=O)OC)cc1. The smallest absolute Gasteiger partial charge is 0.337 e. The molecule has 0 aromatic heterocycles. The third kappa shape index (κ3) is 4.96. The van der Waals surface area contributed by atoms with Crippen molar-refractivity contribution in [1.29, 1.82) is 0 Å². The molecule has 0 unspecified atom stereocenters. The number of esters is 1. The van der Waals surface area contributed by atoms with Crippen LogP contribution >= 0.6 is 0 Å². The van der Waals surface area contributed by atoms with Gasteiger partial charge in [0.25, 0.3) is 0 Å². The van der Waals surface area contributed by atoms with Crippen LogP contribution in [-0.4, -0.2) is 50.6 Å². The highest BCUT2D eigenvalue weighted by Crippen LogP contribution is 2.12. The molecule has 1 rings (SSSR count). The first-order valence-electron chi connectivity index (χ1n) is 6.31. The first-order chi connectivity index (χ1) is 9.94. The average Bonchev–Trinajstić information content (AvgIpc) is 2.46. The first kappa shape index (κ1) is 17.4. The fourth-order valence-corrected chi connectivity index (χ4v) is 3.24. The standard InChI is InChI=1S/C14H19NO5S/c1-3-8-15(9-10-16)21(18,19)11-12-4-6-13(7-5-12)14(17)20-2/h3-7,16H,1,8-11H2,2H3. The normalized spacial score (nSPS) is 11.4. The predicted octanol–water partition coefficient (Wildman–Crippen LogP) is 0.783. The van der Waals surface area contributed by atoms with Crippen LogP contribution in [0, 0.1) is 0 Å². The topological polar surface area (TPSA) is 83.9 Å². The van der Waals surface area contributed by atoms with Crippen LogP contribution in [0.3, 0.4) is 0 Å². The van der Waals surface area contributed by atoms with Gasteiger partial charge in [0.15, 0.2) is 0 Å². The molecule has 0 saturated heterocycles. The van der Waals surface area contributed by atoms with Crippen LogP contribution in [-0.2, 0) is 20.5 Å². The number of aliphatic hydroxyl groups excluding tert-OH is 1. The lowest BCUT2D eigenvalue weighted by atomic mass is 10.1. The minimum absolute atomic E-state index is 0.0224.